The summed E-state index contributed by atoms with van der Waals surface area (Å²) < 4.78 is 7.35. The van der Waals surface area contributed by atoms with E-state index in [9.17, 15) is 4.79 Å². The summed E-state index contributed by atoms with van der Waals surface area (Å²) >= 11 is 36.6. The second kappa shape index (κ2) is 11.3. The number of hydrogen-bond acceptors (Lipinski definition) is 3. The van der Waals surface area contributed by atoms with Gasteiger partial charge in [-0.1, -0.05) is 87.8 Å². The maximum absolute atomic E-state index is 12.8. The highest BCUT2D eigenvalue weighted by Crippen LogP contribution is 2.36. The van der Waals surface area contributed by atoms with Gasteiger partial charge in [-0.15, -0.1) is 0 Å². The minimum Gasteiger partial charge on any atom is -0.486 e. The SMILES string of the molecule is O=C(Nc1nn(Cc2ccc(Cl)c(Cl)c2)cc1Cl)c1cccc(COc2c(Cl)cc(Cl)cc2Cl)c1. The van der Waals surface area contributed by atoms with E-state index < -0.39 is 0 Å². The van der Waals surface area contributed by atoms with Crippen molar-refractivity contribution >= 4 is 81.3 Å². The molecule has 0 saturated carbocycles. The molecule has 0 bridgehead atoms. The topological polar surface area (TPSA) is 56.2 Å². The lowest BCUT2D eigenvalue weighted by Gasteiger charge is -2.11. The van der Waals surface area contributed by atoms with Crippen LogP contribution in [0.25, 0.3) is 0 Å². The van der Waals surface area contributed by atoms with E-state index in [0.717, 1.165) is 11.1 Å². The number of benzene rings is 3. The number of carbonyl (C=O) groups excluding carboxylic acids is 1. The molecule has 4 aromatic rings. The summed E-state index contributed by atoms with van der Waals surface area (Å²) in [5.74, 6) is 0.168. The molecule has 0 aliphatic rings. The maximum Gasteiger partial charge on any atom is 0.256 e. The van der Waals surface area contributed by atoms with Crippen molar-refractivity contribution in [3.8, 4) is 5.75 Å². The average Bonchev–Trinajstić information content (AvgIpc) is 3.14. The average molecular weight is 590 g/mol. The highest BCUT2D eigenvalue weighted by Gasteiger charge is 2.14. The zero-order chi connectivity index (χ0) is 25.1. The van der Waals surface area contributed by atoms with E-state index in [1.54, 1.807) is 53.3 Å². The molecule has 5 nitrogen and oxygen atoms in total. The highest BCUT2D eigenvalue weighted by atomic mass is 35.5. The molecule has 0 aliphatic carbocycles. The first-order chi connectivity index (χ1) is 16.7. The molecule has 0 radical (unpaired) electrons. The van der Waals surface area contributed by atoms with Crippen molar-refractivity contribution in [3.63, 3.8) is 0 Å². The molecule has 4 rings (SSSR count). The molecule has 35 heavy (non-hydrogen) atoms. The quantitative estimate of drug-likeness (QED) is 0.235. The van der Waals surface area contributed by atoms with Crippen LogP contribution in [0, 0.1) is 0 Å². The molecule has 1 amide bonds. The van der Waals surface area contributed by atoms with Gasteiger partial charge in [-0.05, 0) is 47.5 Å². The molecule has 11 heteroatoms. The fourth-order valence-electron chi connectivity index (χ4n) is 3.19. The van der Waals surface area contributed by atoms with Gasteiger partial charge in [-0.2, -0.15) is 5.10 Å². The molecule has 0 aliphatic heterocycles. The number of amides is 1. The standard InChI is InChI=1S/C24H15Cl6N3O2/c25-16-8-19(28)22(20(29)9-16)35-12-14-2-1-3-15(6-14)24(34)31-23-21(30)11-33(32-23)10-13-4-5-17(26)18(27)7-13/h1-9,11H,10,12H2,(H,31,32,34). The predicted molar refractivity (Wildman–Crippen MR) is 143 cm³/mol. The smallest absolute Gasteiger partial charge is 0.256 e. The Bertz CT molecular complexity index is 1380. The van der Waals surface area contributed by atoms with Crippen molar-refractivity contribution < 1.29 is 9.53 Å². The van der Waals surface area contributed by atoms with Crippen molar-refractivity contribution in [2.45, 2.75) is 13.2 Å². The number of nitrogens with one attached hydrogen (secondary N) is 1. The summed E-state index contributed by atoms with van der Waals surface area (Å²) in [5, 5.41) is 9.29. The first-order valence-electron chi connectivity index (χ1n) is 10.0. The van der Waals surface area contributed by atoms with Crippen molar-refractivity contribution in [2.75, 3.05) is 5.32 Å². The van der Waals surface area contributed by atoms with E-state index in [4.69, 9.17) is 74.3 Å². The van der Waals surface area contributed by atoms with Gasteiger partial charge >= 0.3 is 0 Å². The normalized spacial score (nSPS) is 10.9. The van der Waals surface area contributed by atoms with Crippen molar-refractivity contribution in [1.82, 2.24) is 9.78 Å². The van der Waals surface area contributed by atoms with E-state index in [2.05, 4.69) is 10.4 Å². The molecule has 180 valence electrons. The third-order valence-corrected chi connectivity index (χ3v) is 6.61. The Hall–Kier alpha value is -2.12. The summed E-state index contributed by atoms with van der Waals surface area (Å²) in [5.41, 5.74) is 2.01. The summed E-state index contributed by atoms with van der Waals surface area (Å²) in [4.78, 5) is 12.8. The van der Waals surface area contributed by atoms with Crippen LogP contribution >= 0.6 is 69.6 Å². The number of rotatable bonds is 7. The van der Waals surface area contributed by atoms with Gasteiger partial charge in [0.1, 0.15) is 11.6 Å². The van der Waals surface area contributed by atoms with Gasteiger partial charge in [-0.3, -0.25) is 9.48 Å². The molecule has 0 unspecified atom stereocenters. The first kappa shape index (κ1) is 26.0. The number of aromatic nitrogens is 2. The number of anilines is 1. The Labute approximate surface area is 231 Å². The number of carbonyl (C=O) groups is 1. The molecule has 0 atom stereocenters. The Morgan fingerprint density at radius 3 is 2.29 bits per heavy atom. The Balaban J connectivity index is 1.43. The lowest BCUT2D eigenvalue weighted by molar-refractivity contribution is 0.102. The minimum absolute atomic E-state index is 0.140. The molecular formula is C24H15Cl6N3O2. The van der Waals surface area contributed by atoms with E-state index in [-0.39, 0.29) is 18.3 Å². The summed E-state index contributed by atoms with van der Waals surface area (Å²) in [6, 6.07) is 15.3. The summed E-state index contributed by atoms with van der Waals surface area (Å²) in [6.45, 7) is 0.538. The van der Waals surface area contributed by atoms with E-state index in [0.29, 0.717) is 48.0 Å². The van der Waals surface area contributed by atoms with Crippen LogP contribution in [0.1, 0.15) is 21.5 Å². The molecule has 0 saturated heterocycles. The molecule has 1 aromatic heterocycles. The number of ether oxygens (including phenoxy) is 1. The van der Waals surface area contributed by atoms with Crippen LogP contribution in [0.15, 0.2) is 60.8 Å². The van der Waals surface area contributed by atoms with Gasteiger partial charge in [-0.25, -0.2) is 0 Å². The molecule has 0 spiro atoms. The highest BCUT2D eigenvalue weighted by molar-refractivity contribution is 6.42. The predicted octanol–water partition coefficient (Wildman–Crippen LogP) is 8.68. The first-order valence-corrected chi connectivity index (χ1v) is 12.3. The minimum atomic E-state index is -0.379. The van der Waals surface area contributed by atoms with E-state index in [1.165, 1.54) is 0 Å². The van der Waals surface area contributed by atoms with E-state index >= 15 is 0 Å². The summed E-state index contributed by atoms with van der Waals surface area (Å²) in [6.07, 6.45) is 1.61. The fourth-order valence-corrected chi connectivity index (χ4v) is 4.64. The number of hydrogen-bond donors (Lipinski definition) is 1. The van der Waals surface area contributed by atoms with Gasteiger partial charge in [0, 0.05) is 16.8 Å². The third-order valence-electron chi connectivity index (χ3n) is 4.81. The van der Waals surface area contributed by atoms with Crippen molar-refractivity contribution in [3.05, 3.63) is 108 Å². The van der Waals surface area contributed by atoms with E-state index in [1.807, 2.05) is 12.1 Å². The maximum atomic E-state index is 12.8. The largest absolute Gasteiger partial charge is 0.486 e. The zero-order valence-corrected chi connectivity index (χ0v) is 22.2. The second-order valence-electron chi connectivity index (χ2n) is 7.41. The van der Waals surface area contributed by atoms with Crippen LogP contribution in [0.5, 0.6) is 5.75 Å². The van der Waals surface area contributed by atoms with Crippen LogP contribution < -0.4 is 10.1 Å². The van der Waals surface area contributed by atoms with Gasteiger partial charge in [0.15, 0.2) is 11.6 Å². The van der Waals surface area contributed by atoms with Crippen LogP contribution in [-0.4, -0.2) is 15.7 Å². The van der Waals surface area contributed by atoms with Crippen LogP contribution in [0.3, 0.4) is 0 Å². The zero-order valence-electron chi connectivity index (χ0n) is 17.7. The van der Waals surface area contributed by atoms with Crippen LogP contribution in [-0.2, 0) is 13.2 Å². The van der Waals surface area contributed by atoms with Gasteiger partial charge < -0.3 is 10.1 Å². The van der Waals surface area contributed by atoms with Gasteiger partial charge in [0.25, 0.3) is 5.91 Å². The van der Waals surface area contributed by atoms with Crippen LogP contribution in [0.2, 0.25) is 30.1 Å². The van der Waals surface area contributed by atoms with Gasteiger partial charge in [0.2, 0.25) is 0 Å². The third kappa shape index (κ3) is 6.56. The Morgan fingerprint density at radius 2 is 1.57 bits per heavy atom. The summed E-state index contributed by atoms with van der Waals surface area (Å²) in [7, 11) is 0. The monoisotopic (exact) mass is 587 g/mol. The molecular weight excluding hydrogens is 575 g/mol. The lowest BCUT2D eigenvalue weighted by Crippen LogP contribution is -2.13. The Kier molecular flexibility index (Phi) is 8.38. The Morgan fingerprint density at radius 1 is 0.829 bits per heavy atom. The fraction of sp³-hybridized carbons (Fsp3) is 0.0833. The molecule has 3 aromatic carbocycles. The second-order valence-corrected chi connectivity index (χ2v) is 9.89. The van der Waals surface area contributed by atoms with Crippen molar-refractivity contribution in [1.29, 1.82) is 0 Å². The molecule has 1 N–H and O–H groups in total. The lowest BCUT2D eigenvalue weighted by atomic mass is 10.1. The molecule has 0 fully saturated rings. The van der Waals surface area contributed by atoms with Crippen molar-refractivity contribution in [2.24, 2.45) is 0 Å². The van der Waals surface area contributed by atoms with Crippen LogP contribution in [0.4, 0.5) is 5.82 Å². The van der Waals surface area contributed by atoms with Gasteiger partial charge in [0.05, 0.1) is 26.6 Å². The molecule has 1 heterocycles. The number of halogens is 6. The number of nitrogens with zero attached hydrogens (tertiary/aromatic N) is 2.